The predicted molar refractivity (Wildman–Crippen MR) is 94.4 cm³/mol. The number of carbonyl (C=O) groups excluding carboxylic acids is 1. The molecule has 4 rings (SSSR count). The number of piperazine rings is 1. The number of hydrogen-bond donors (Lipinski definition) is 0. The number of halogens is 1. The van der Waals surface area contributed by atoms with E-state index < -0.39 is 0 Å². The normalized spacial score (nSPS) is 15.0. The highest BCUT2D eigenvalue weighted by Gasteiger charge is 2.24. The minimum Gasteiger partial charge on any atom is -0.368 e. The molecule has 1 aliphatic heterocycles. The number of pyridine rings is 1. The Morgan fingerprint density at radius 3 is 2.44 bits per heavy atom. The first-order chi connectivity index (χ1) is 12.1. The van der Waals surface area contributed by atoms with Crippen LogP contribution in [0.2, 0.25) is 0 Å². The molecule has 5 nitrogen and oxygen atoms in total. The van der Waals surface area contributed by atoms with E-state index in [1.54, 1.807) is 18.3 Å². The third-order valence-corrected chi connectivity index (χ3v) is 4.58. The highest BCUT2D eigenvalue weighted by molar-refractivity contribution is 5.93. The molecular formula is C19H19FN4O. The summed E-state index contributed by atoms with van der Waals surface area (Å²) in [4.78, 5) is 21.1. The van der Waals surface area contributed by atoms with Crippen LogP contribution in [0.25, 0.3) is 5.65 Å². The number of nitrogens with zero attached hydrogens (tertiary/aromatic N) is 4. The van der Waals surface area contributed by atoms with Gasteiger partial charge in [0.2, 0.25) is 0 Å². The number of imidazole rings is 1. The van der Waals surface area contributed by atoms with E-state index >= 15 is 0 Å². The van der Waals surface area contributed by atoms with Crippen LogP contribution in [-0.4, -0.2) is 46.4 Å². The summed E-state index contributed by atoms with van der Waals surface area (Å²) < 4.78 is 14.9. The molecule has 1 saturated heterocycles. The average Bonchev–Trinajstić information content (AvgIpc) is 3.05. The van der Waals surface area contributed by atoms with Crippen LogP contribution >= 0.6 is 0 Å². The molecule has 0 N–H and O–H groups in total. The van der Waals surface area contributed by atoms with Gasteiger partial charge in [-0.05, 0) is 42.8 Å². The van der Waals surface area contributed by atoms with Crippen molar-refractivity contribution in [3.63, 3.8) is 0 Å². The van der Waals surface area contributed by atoms with Gasteiger partial charge in [0.25, 0.3) is 5.91 Å². The minimum atomic E-state index is -0.236. The minimum absolute atomic E-state index is 0.0416. The van der Waals surface area contributed by atoms with Crippen LogP contribution < -0.4 is 4.90 Å². The topological polar surface area (TPSA) is 40.9 Å². The van der Waals surface area contributed by atoms with Crippen molar-refractivity contribution in [2.45, 2.75) is 6.92 Å². The quantitative estimate of drug-likeness (QED) is 0.721. The van der Waals surface area contributed by atoms with E-state index in [9.17, 15) is 9.18 Å². The molecule has 0 spiro atoms. The van der Waals surface area contributed by atoms with Crippen LogP contribution in [0, 0.1) is 12.7 Å². The maximum Gasteiger partial charge on any atom is 0.274 e. The molecule has 25 heavy (non-hydrogen) atoms. The van der Waals surface area contributed by atoms with Crippen molar-refractivity contribution in [2.75, 3.05) is 31.1 Å². The molecule has 0 unspecified atom stereocenters. The van der Waals surface area contributed by atoms with Gasteiger partial charge in [-0.25, -0.2) is 9.37 Å². The Balaban J connectivity index is 1.46. The number of fused-ring (bicyclic) bond motifs is 1. The maximum atomic E-state index is 13.0. The van der Waals surface area contributed by atoms with Crippen LogP contribution in [0.4, 0.5) is 10.1 Å². The summed E-state index contributed by atoms with van der Waals surface area (Å²) in [5.74, 6) is -0.278. The Bertz CT molecular complexity index is 911. The first kappa shape index (κ1) is 15.6. The monoisotopic (exact) mass is 338 g/mol. The molecule has 1 aliphatic rings. The molecular weight excluding hydrogens is 319 g/mol. The van der Waals surface area contributed by atoms with E-state index in [0.29, 0.717) is 18.8 Å². The van der Waals surface area contributed by atoms with Crippen molar-refractivity contribution < 1.29 is 9.18 Å². The first-order valence-corrected chi connectivity index (χ1v) is 8.35. The number of aryl methyl sites for hydroxylation is 1. The molecule has 128 valence electrons. The molecule has 0 aliphatic carbocycles. The summed E-state index contributed by atoms with van der Waals surface area (Å²) in [6.45, 7) is 4.72. The van der Waals surface area contributed by atoms with Gasteiger partial charge >= 0.3 is 0 Å². The van der Waals surface area contributed by atoms with E-state index in [2.05, 4.69) is 9.88 Å². The zero-order valence-electron chi connectivity index (χ0n) is 14.0. The molecule has 1 amide bonds. The van der Waals surface area contributed by atoms with Crippen LogP contribution in [0.5, 0.6) is 0 Å². The lowest BCUT2D eigenvalue weighted by Crippen LogP contribution is -2.48. The van der Waals surface area contributed by atoms with Crippen LogP contribution in [0.1, 0.15) is 16.1 Å². The van der Waals surface area contributed by atoms with Gasteiger partial charge < -0.3 is 14.2 Å². The van der Waals surface area contributed by atoms with Crippen LogP contribution in [0.15, 0.2) is 48.8 Å². The maximum absolute atomic E-state index is 13.0. The summed E-state index contributed by atoms with van der Waals surface area (Å²) in [5.41, 5.74) is 3.35. The summed E-state index contributed by atoms with van der Waals surface area (Å²) in [5, 5.41) is 0. The second-order valence-electron chi connectivity index (χ2n) is 6.35. The van der Waals surface area contributed by atoms with Gasteiger partial charge in [-0.2, -0.15) is 0 Å². The van der Waals surface area contributed by atoms with Gasteiger partial charge in [-0.15, -0.1) is 0 Å². The number of hydrogen-bond acceptors (Lipinski definition) is 3. The zero-order chi connectivity index (χ0) is 17.4. The standard InChI is InChI=1S/C19H19FN4O/c1-14-2-7-18-21-17(13-24(18)12-14)19(25)23-10-8-22(9-11-23)16-5-3-15(20)4-6-16/h2-7,12-13H,8-11H2,1H3. The summed E-state index contributed by atoms with van der Waals surface area (Å²) >= 11 is 0. The van der Waals surface area contributed by atoms with E-state index in [4.69, 9.17) is 0 Å². The summed E-state index contributed by atoms with van der Waals surface area (Å²) in [6.07, 6.45) is 3.75. The van der Waals surface area contributed by atoms with Crippen LogP contribution in [0.3, 0.4) is 0 Å². The Kier molecular flexibility index (Phi) is 3.87. The Morgan fingerprint density at radius 1 is 1.00 bits per heavy atom. The number of aromatic nitrogens is 2. The van der Waals surface area contributed by atoms with Gasteiger partial charge in [0.15, 0.2) is 0 Å². The van der Waals surface area contributed by atoms with E-state index in [0.717, 1.165) is 30.0 Å². The molecule has 3 aromatic rings. The average molecular weight is 338 g/mol. The van der Waals surface area contributed by atoms with E-state index in [1.165, 1.54) is 12.1 Å². The van der Waals surface area contributed by atoms with Gasteiger partial charge in [0, 0.05) is 44.3 Å². The second kappa shape index (κ2) is 6.20. The lowest BCUT2D eigenvalue weighted by atomic mass is 10.2. The number of anilines is 1. The molecule has 0 bridgehead atoms. The van der Waals surface area contributed by atoms with Gasteiger partial charge in [-0.1, -0.05) is 6.07 Å². The SMILES string of the molecule is Cc1ccc2nc(C(=O)N3CCN(c4ccc(F)cc4)CC3)cn2c1. The number of benzene rings is 1. The highest BCUT2D eigenvalue weighted by Crippen LogP contribution is 2.18. The number of carbonyl (C=O) groups is 1. The van der Waals surface area contributed by atoms with E-state index in [-0.39, 0.29) is 11.7 Å². The van der Waals surface area contributed by atoms with Gasteiger partial charge in [-0.3, -0.25) is 4.79 Å². The fourth-order valence-corrected chi connectivity index (χ4v) is 3.19. The highest BCUT2D eigenvalue weighted by atomic mass is 19.1. The summed E-state index contributed by atoms with van der Waals surface area (Å²) in [7, 11) is 0. The molecule has 6 heteroatoms. The molecule has 2 aromatic heterocycles. The number of rotatable bonds is 2. The predicted octanol–water partition coefficient (Wildman–Crippen LogP) is 2.74. The van der Waals surface area contributed by atoms with Crippen LogP contribution in [-0.2, 0) is 0 Å². The van der Waals surface area contributed by atoms with E-state index in [1.807, 2.05) is 34.6 Å². The third kappa shape index (κ3) is 3.07. The van der Waals surface area contributed by atoms with Crippen molar-refractivity contribution in [3.8, 4) is 0 Å². The molecule has 0 radical (unpaired) electrons. The fourth-order valence-electron chi connectivity index (χ4n) is 3.19. The second-order valence-corrected chi connectivity index (χ2v) is 6.35. The van der Waals surface area contributed by atoms with Crippen molar-refractivity contribution in [2.24, 2.45) is 0 Å². The Labute approximate surface area is 145 Å². The van der Waals surface area contributed by atoms with Crippen molar-refractivity contribution >= 4 is 17.2 Å². The molecule has 1 aromatic carbocycles. The van der Waals surface area contributed by atoms with Gasteiger partial charge in [0.05, 0.1) is 0 Å². The third-order valence-electron chi connectivity index (χ3n) is 4.58. The zero-order valence-corrected chi connectivity index (χ0v) is 14.0. The van der Waals surface area contributed by atoms with Crippen molar-refractivity contribution in [1.82, 2.24) is 14.3 Å². The number of amides is 1. The molecule has 3 heterocycles. The smallest absolute Gasteiger partial charge is 0.274 e. The Hall–Kier alpha value is -2.89. The Morgan fingerprint density at radius 2 is 1.72 bits per heavy atom. The van der Waals surface area contributed by atoms with Gasteiger partial charge in [0.1, 0.15) is 17.2 Å². The lowest BCUT2D eigenvalue weighted by molar-refractivity contribution is 0.0741. The largest absolute Gasteiger partial charge is 0.368 e. The summed E-state index contributed by atoms with van der Waals surface area (Å²) in [6, 6.07) is 10.4. The molecule has 1 fully saturated rings. The fraction of sp³-hybridized carbons (Fsp3) is 0.263. The lowest BCUT2D eigenvalue weighted by Gasteiger charge is -2.35. The van der Waals surface area contributed by atoms with Crippen molar-refractivity contribution in [1.29, 1.82) is 0 Å². The molecule has 0 atom stereocenters. The first-order valence-electron chi connectivity index (χ1n) is 8.35. The molecule has 0 saturated carbocycles. The van der Waals surface area contributed by atoms with Crippen molar-refractivity contribution in [3.05, 3.63) is 65.9 Å².